The largest absolute Gasteiger partial charge is 0.390 e. The Morgan fingerprint density at radius 2 is 1.14 bits per heavy atom. The molecule has 2 atom stereocenters. The second kappa shape index (κ2) is 21.2. The molecule has 59 heavy (non-hydrogen) atoms. The molecule has 0 unspecified atom stereocenters. The van der Waals surface area contributed by atoms with Gasteiger partial charge in [0, 0.05) is 40.7 Å². The van der Waals surface area contributed by atoms with Crippen molar-refractivity contribution in [1.82, 2.24) is 15.1 Å². The van der Waals surface area contributed by atoms with Crippen molar-refractivity contribution in [2.24, 2.45) is 11.7 Å². The van der Waals surface area contributed by atoms with E-state index in [0.29, 0.717) is 36.0 Å². The third kappa shape index (κ3) is 12.1. The number of nitrogens with two attached hydrogens (primary N) is 1. The van der Waals surface area contributed by atoms with E-state index in [-0.39, 0.29) is 49.6 Å². The molecular formula is C48H51BrN4O6. The van der Waals surface area contributed by atoms with Crippen LogP contribution >= 0.6 is 15.9 Å². The van der Waals surface area contributed by atoms with Gasteiger partial charge in [0.25, 0.3) is 11.8 Å². The molecule has 0 aliphatic heterocycles. The fourth-order valence-corrected chi connectivity index (χ4v) is 7.15. The molecule has 0 saturated carbocycles. The summed E-state index contributed by atoms with van der Waals surface area (Å²) in [5.41, 5.74) is 7.18. The van der Waals surface area contributed by atoms with Crippen molar-refractivity contribution in [3.63, 3.8) is 0 Å². The number of primary amides is 1. The maximum Gasteiger partial charge on any atom is 0.334 e. The van der Waals surface area contributed by atoms with Gasteiger partial charge in [-0.1, -0.05) is 133 Å². The van der Waals surface area contributed by atoms with E-state index in [1.54, 1.807) is 48.5 Å². The fourth-order valence-electron chi connectivity index (χ4n) is 6.88. The molecule has 0 radical (unpaired) electrons. The van der Waals surface area contributed by atoms with Crippen LogP contribution in [0.15, 0.2) is 144 Å². The highest BCUT2D eigenvalue weighted by molar-refractivity contribution is 9.10. The molecule has 5 aromatic carbocycles. The van der Waals surface area contributed by atoms with Gasteiger partial charge >= 0.3 is 12.1 Å². The summed E-state index contributed by atoms with van der Waals surface area (Å²) < 4.78 is 0.829. The number of aliphatic hydroxyl groups is 1. The molecule has 0 fully saturated rings. The van der Waals surface area contributed by atoms with Crippen LogP contribution in [0, 0.1) is 5.92 Å². The molecule has 306 valence electrons. The highest BCUT2D eigenvalue weighted by Gasteiger charge is 2.50. The van der Waals surface area contributed by atoms with E-state index < -0.39 is 35.5 Å². The molecule has 5 rings (SSSR count). The maximum atomic E-state index is 15.5. The van der Waals surface area contributed by atoms with Crippen molar-refractivity contribution in [2.75, 3.05) is 13.1 Å². The van der Waals surface area contributed by atoms with Crippen molar-refractivity contribution in [1.29, 1.82) is 0 Å². The van der Waals surface area contributed by atoms with Gasteiger partial charge in [-0.25, -0.2) is 14.5 Å². The number of hydrogen-bond donors (Lipinski definition) is 3. The van der Waals surface area contributed by atoms with Gasteiger partial charge in [-0.3, -0.25) is 19.3 Å². The Hall–Kier alpha value is -5.91. The summed E-state index contributed by atoms with van der Waals surface area (Å²) in [5, 5.41) is 15.3. The molecule has 0 aromatic heterocycles. The quantitative estimate of drug-likeness (QED) is 0.0754. The molecule has 0 bridgehead atoms. The Kier molecular flexibility index (Phi) is 15.9. The van der Waals surface area contributed by atoms with E-state index in [1.807, 2.05) is 80.6 Å². The number of aryl methyl sites for hydroxylation is 1. The molecule has 0 aliphatic carbocycles. The molecule has 0 aliphatic rings. The Balaban J connectivity index is 1.56. The first kappa shape index (κ1) is 44.2. The van der Waals surface area contributed by atoms with Crippen molar-refractivity contribution >= 4 is 45.6 Å². The lowest BCUT2D eigenvalue weighted by molar-refractivity contribution is -0.141. The van der Waals surface area contributed by atoms with Gasteiger partial charge in [-0.2, -0.15) is 0 Å². The van der Waals surface area contributed by atoms with Crippen LogP contribution in [0.3, 0.4) is 0 Å². The van der Waals surface area contributed by atoms with Gasteiger partial charge in [0.1, 0.15) is 5.54 Å². The van der Waals surface area contributed by atoms with E-state index in [0.717, 1.165) is 25.4 Å². The number of benzene rings is 5. The summed E-state index contributed by atoms with van der Waals surface area (Å²) in [6, 6.07) is 38.9. The van der Waals surface area contributed by atoms with Crippen LogP contribution < -0.4 is 11.1 Å². The number of ketones is 1. The molecule has 6 amide bonds. The number of nitrogens with one attached hydrogen (secondary N) is 1. The molecule has 10 nitrogen and oxygen atoms in total. The monoisotopic (exact) mass is 858 g/mol. The highest BCUT2D eigenvalue weighted by Crippen LogP contribution is 2.28. The number of urea groups is 2. The fraction of sp³-hybridized carbons (Fsp3) is 0.271. The zero-order chi connectivity index (χ0) is 42.4. The average Bonchev–Trinajstić information content (AvgIpc) is 3.24. The standard InChI is InChI=1S/C48H51BrN4O6/c1-34(2)29-31-52(47(59)53(46(50)58)32-30-36-15-8-4-9-16-36)45(57)48(33-37-17-10-5-11-18-37,42(54)20-12-19-35-13-6-3-7-14-35)51-44(56)40-23-21-38(22-24-40)43(55)39-25-27-41(49)28-26-39/h3-11,13-18,21-28,34,42,54H,12,19-20,29-33H2,1-2H3,(H2,50,58)(H,51,56)/t42-,48+/m1/s1. The lowest BCUT2D eigenvalue weighted by atomic mass is 9.80. The third-order valence-electron chi connectivity index (χ3n) is 10.3. The normalized spacial score (nSPS) is 12.6. The summed E-state index contributed by atoms with van der Waals surface area (Å²) in [5.74, 6) is -1.78. The number of carbonyl (C=O) groups is 5. The summed E-state index contributed by atoms with van der Waals surface area (Å²) in [6.45, 7) is 3.67. The number of amides is 6. The second-order valence-electron chi connectivity index (χ2n) is 15.0. The molecule has 5 aromatic rings. The molecular weight excluding hydrogens is 808 g/mol. The van der Waals surface area contributed by atoms with E-state index in [1.165, 1.54) is 24.3 Å². The van der Waals surface area contributed by atoms with E-state index >= 15 is 4.79 Å². The SMILES string of the molecule is CC(C)CCN(C(=O)N(CCc1ccccc1)C(N)=O)C(=O)[C@@](Cc1ccccc1)(NC(=O)c1ccc(C(=O)c2ccc(Br)cc2)cc1)[C@H](O)CCCc1ccccc1. The van der Waals surface area contributed by atoms with Gasteiger partial charge in [-0.15, -0.1) is 0 Å². The highest BCUT2D eigenvalue weighted by atomic mass is 79.9. The zero-order valence-corrected chi connectivity index (χ0v) is 35.0. The lowest BCUT2D eigenvalue weighted by Crippen LogP contribution is -2.69. The number of imide groups is 2. The zero-order valence-electron chi connectivity index (χ0n) is 33.4. The first-order valence-corrected chi connectivity index (χ1v) is 20.6. The lowest BCUT2D eigenvalue weighted by Gasteiger charge is -2.41. The summed E-state index contributed by atoms with van der Waals surface area (Å²) >= 11 is 3.38. The second-order valence-corrected chi connectivity index (χ2v) is 16.0. The van der Waals surface area contributed by atoms with Crippen molar-refractivity contribution in [2.45, 2.75) is 64.0 Å². The minimum atomic E-state index is -2.10. The van der Waals surface area contributed by atoms with E-state index in [2.05, 4.69) is 21.2 Å². The van der Waals surface area contributed by atoms with Crippen LogP contribution in [0.25, 0.3) is 0 Å². The Morgan fingerprint density at radius 3 is 1.66 bits per heavy atom. The average molecular weight is 860 g/mol. The molecule has 4 N–H and O–H groups in total. The predicted octanol–water partition coefficient (Wildman–Crippen LogP) is 8.39. The van der Waals surface area contributed by atoms with Crippen LogP contribution in [0.5, 0.6) is 0 Å². The van der Waals surface area contributed by atoms with Gasteiger partial charge in [0.2, 0.25) is 0 Å². The van der Waals surface area contributed by atoms with Crippen LogP contribution in [-0.4, -0.2) is 69.3 Å². The molecule has 0 spiro atoms. The first-order chi connectivity index (χ1) is 28.4. The van der Waals surface area contributed by atoms with Gasteiger partial charge in [0.05, 0.1) is 6.10 Å². The smallest absolute Gasteiger partial charge is 0.334 e. The molecule has 0 heterocycles. The summed E-state index contributed by atoms with van der Waals surface area (Å²) in [7, 11) is 0. The Labute approximate surface area is 354 Å². The number of halogens is 1. The molecule has 0 saturated heterocycles. The van der Waals surface area contributed by atoms with Crippen LogP contribution in [0.4, 0.5) is 9.59 Å². The van der Waals surface area contributed by atoms with E-state index in [9.17, 15) is 24.3 Å². The summed E-state index contributed by atoms with van der Waals surface area (Å²) in [4.78, 5) is 72.5. The third-order valence-corrected chi connectivity index (χ3v) is 10.8. The van der Waals surface area contributed by atoms with Crippen LogP contribution in [0.1, 0.15) is 76.1 Å². The minimum absolute atomic E-state index is 0.0389. The number of hydrogen-bond acceptors (Lipinski definition) is 6. The van der Waals surface area contributed by atoms with Crippen molar-refractivity contribution in [3.8, 4) is 0 Å². The summed E-state index contributed by atoms with van der Waals surface area (Å²) in [6.07, 6.45) is 0.0848. The number of carbonyl (C=O) groups excluding carboxylic acids is 5. The Morgan fingerprint density at radius 1 is 0.644 bits per heavy atom. The topological polar surface area (TPSA) is 150 Å². The number of aliphatic hydroxyl groups excluding tert-OH is 1. The van der Waals surface area contributed by atoms with Gasteiger partial charge < -0.3 is 16.2 Å². The van der Waals surface area contributed by atoms with Gasteiger partial charge in [0.15, 0.2) is 5.78 Å². The Bertz CT molecular complexity index is 2170. The van der Waals surface area contributed by atoms with Crippen molar-refractivity contribution in [3.05, 3.63) is 177 Å². The maximum absolute atomic E-state index is 15.5. The van der Waals surface area contributed by atoms with Gasteiger partial charge in [-0.05, 0) is 91.1 Å². The minimum Gasteiger partial charge on any atom is -0.390 e. The van der Waals surface area contributed by atoms with E-state index in [4.69, 9.17) is 5.73 Å². The molecule has 11 heteroatoms. The predicted molar refractivity (Wildman–Crippen MR) is 233 cm³/mol. The number of nitrogens with zero attached hydrogens (tertiary/aromatic N) is 2. The first-order valence-electron chi connectivity index (χ1n) is 19.8. The van der Waals surface area contributed by atoms with Crippen LogP contribution in [0.2, 0.25) is 0 Å². The van der Waals surface area contributed by atoms with Crippen LogP contribution in [-0.2, 0) is 24.1 Å². The number of rotatable bonds is 18. The van der Waals surface area contributed by atoms with Crippen molar-refractivity contribution < 1.29 is 29.1 Å².